The van der Waals surface area contributed by atoms with Gasteiger partial charge in [-0.05, 0) is 51.7 Å². The molecule has 29 heavy (non-hydrogen) atoms. The molecule has 0 fully saturated rings. The van der Waals surface area contributed by atoms with Crippen LogP contribution in [0.15, 0.2) is 76.6 Å². The van der Waals surface area contributed by atoms with Gasteiger partial charge in [0.2, 0.25) is 0 Å². The van der Waals surface area contributed by atoms with Crippen molar-refractivity contribution >= 4 is 38.9 Å². The summed E-state index contributed by atoms with van der Waals surface area (Å²) >= 11 is 5.22. The van der Waals surface area contributed by atoms with Crippen LogP contribution >= 0.6 is 27.3 Å². The molecule has 0 aliphatic rings. The van der Waals surface area contributed by atoms with Crippen LogP contribution in [0.2, 0.25) is 0 Å². The van der Waals surface area contributed by atoms with Gasteiger partial charge in [0.05, 0.1) is 19.9 Å². The molecule has 0 atom stereocenters. The number of amides is 1. The Hall–Kier alpha value is -2.63. The van der Waals surface area contributed by atoms with Crippen LogP contribution in [0.3, 0.4) is 0 Å². The second kappa shape index (κ2) is 8.39. The number of carbonyl (C=O) groups excluding carboxylic acids is 1. The molecule has 0 aliphatic carbocycles. The number of aromatic amines is 1. The van der Waals surface area contributed by atoms with Gasteiger partial charge in [0, 0.05) is 16.9 Å². The highest BCUT2D eigenvalue weighted by atomic mass is 79.9. The number of hydrogen-bond acceptors (Lipinski definition) is 2. The van der Waals surface area contributed by atoms with Gasteiger partial charge in [-0.15, -0.1) is 11.3 Å². The summed E-state index contributed by atoms with van der Waals surface area (Å²) in [7, 11) is 0. The maximum atomic E-state index is 13.4. The molecular formula is C24H21BrN2OS. The minimum Gasteiger partial charge on any atom is -0.356 e. The Morgan fingerprint density at radius 3 is 2.21 bits per heavy atom. The Morgan fingerprint density at radius 2 is 1.62 bits per heavy atom. The highest BCUT2D eigenvalue weighted by Crippen LogP contribution is 2.42. The van der Waals surface area contributed by atoms with Crippen LogP contribution in [0.25, 0.3) is 21.7 Å². The molecule has 4 aromatic rings. The second-order valence-electron chi connectivity index (χ2n) is 7.11. The smallest absolute Gasteiger partial charge is 0.258 e. The van der Waals surface area contributed by atoms with Crippen molar-refractivity contribution in [3.8, 4) is 21.7 Å². The van der Waals surface area contributed by atoms with Crippen LogP contribution in [0.5, 0.6) is 0 Å². The van der Waals surface area contributed by atoms with Crippen LogP contribution < -0.4 is 5.32 Å². The van der Waals surface area contributed by atoms with Crippen molar-refractivity contribution < 1.29 is 4.79 Å². The summed E-state index contributed by atoms with van der Waals surface area (Å²) in [6.07, 6.45) is 0. The average molecular weight is 465 g/mol. The lowest BCUT2D eigenvalue weighted by Gasteiger charge is -2.11. The highest BCUT2D eigenvalue weighted by molar-refractivity contribution is 9.11. The zero-order chi connectivity index (χ0) is 20.4. The third-order valence-corrected chi connectivity index (χ3v) is 6.39. The number of thiophene rings is 1. The molecule has 0 unspecified atom stereocenters. The summed E-state index contributed by atoms with van der Waals surface area (Å²) < 4.78 is 1.06. The molecule has 0 radical (unpaired) electrons. The molecule has 0 saturated carbocycles. The van der Waals surface area contributed by atoms with Gasteiger partial charge in [0.15, 0.2) is 0 Å². The van der Waals surface area contributed by atoms with Crippen molar-refractivity contribution in [3.63, 3.8) is 0 Å². The van der Waals surface area contributed by atoms with Gasteiger partial charge in [0.1, 0.15) is 0 Å². The van der Waals surface area contributed by atoms with Gasteiger partial charge < -0.3 is 10.3 Å². The predicted molar refractivity (Wildman–Crippen MR) is 126 cm³/mol. The number of anilines is 1. The Balaban J connectivity index is 1.92. The first-order valence-electron chi connectivity index (χ1n) is 9.48. The summed E-state index contributed by atoms with van der Waals surface area (Å²) in [4.78, 5) is 18.1. The minimum atomic E-state index is -0.100. The number of para-hydroxylation sites is 1. The monoisotopic (exact) mass is 464 g/mol. The van der Waals surface area contributed by atoms with Gasteiger partial charge in [-0.3, -0.25) is 4.79 Å². The van der Waals surface area contributed by atoms with E-state index in [9.17, 15) is 4.79 Å². The summed E-state index contributed by atoms with van der Waals surface area (Å²) in [5, 5.41) is 3.07. The first kappa shape index (κ1) is 19.7. The summed E-state index contributed by atoms with van der Waals surface area (Å²) in [5.74, 6) is 0.0722. The van der Waals surface area contributed by atoms with Gasteiger partial charge in [0.25, 0.3) is 5.91 Å². The number of aromatic nitrogens is 1. The summed E-state index contributed by atoms with van der Waals surface area (Å²) in [6.45, 7) is 4.21. The lowest BCUT2D eigenvalue weighted by molar-refractivity contribution is 0.102. The molecule has 2 N–H and O–H groups in total. The second-order valence-corrected chi connectivity index (χ2v) is 9.57. The van der Waals surface area contributed by atoms with E-state index in [0.29, 0.717) is 5.56 Å². The van der Waals surface area contributed by atoms with E-state index in [-0.39, 0.29) is 11.8 Å². The van der Waals surface area contributed by atoms with Gasteiger partial charge >= 0.3 is 0 Å². The number of carbonyl (C=O) groups is 1. The number of hydrogen-bond donors (Lipinski definition) is 2. The standard InChI is InChI=1S/C24H21BrN2OS/c1-15(2)22-21(24(28)26-17-11-7-4-8-12-17)20(16-9-5-3-6-10-16)23(27-22)18-13-14-19(25)29-18/h3-15,27H,1-2H3,(H,26,28). The van der Waals surface area contributed by atoms with E-state index in [4.69, 9.17) is 0 Å². The molecule has 2 heterocycles. The van der Waals surface area contributed by atoms with Crippen molar-refractivity contribution in [3.05, 3.63) is 87.8 Å². The molecule has 4 rings (SSSR count). The molecule has 0 spiro atoms. The number of nitrogens with one attached hydrogen (secondary N) is 2. The van der Waals surface area contributed by atoms with E-state index >= 15 is 0 Å². The van der Waals surface area contributed by atoms with Gasteiger partial charge in [-0.25, -0.2) is 0 Å². The van der Waals surface area contributed by atoms with E-state index < -0.39 is 0 Å². The quantitative estimate of drug-likeness (QED) is 0.314. The van der Waals surface area contributed by atoms with Crippen molar-refractivity contribution in [1.82, 2.24) is 4.98 Å². The fourth-order valence-corrected chi connectivity index (χ4v) is 4.82. The lowest BCUT2D eigenvalue weighted by atomic mass is 9.96. The molecule has 0 bridgehead atoms. The first-order valence-corrected chi connectivity index (χ1v) is 11.1. The molecule has 5 heteroatoms. The normalized spacial score (nSPS) is 11.0. The Morgan fingerprint density at radius 1 is 0.966 bits per heavy atom. The Kier molecular flexibility index (Phi) is 5.69. The Labute approximate surface area is 182 Å². The van der Waals surface area contributed by atoms with Crippen molar-refractivity contribution in [2.45, 2.75) is 19.8 Å². The number of rotatable bonds is 5. The fraction of sp³-hybridized carbons (Fsp3) is 0.125. The van der Waals surface area contributed by atoms with Gasteiger partial charge in [-0.2, -0.15) is 0 Å². The van der Waals surface area contributed by atoms with Crippen molar-refractivity contribution in [2.75, 3.05) is 5.32 Å². The molecule has 146 valence electrons. The van der Waals surface area contributed by atoms with Crippen LogP contribution in [0.4, 0.5) is 5.69 Å². The third kappa shape index (κ3) is 4.07. The van der Waals surface area contributed by atoms with Crippen molar-refractivity contribution in [1.29, 1.82) is 0 Å². The Bertz CT molecular complexity index is 1130. The molecule has 0 saturated heterocycles. The van der Waals surface area contributed by atoms with E-state index in [1.807, 2.05) is 54.6 Å². The zero-order valence-electron chi connectivity index (χ0n) is 16.2. The number of H-pyrrole nitrogens is 1. The van der Waals surface area contributed by atoms with E-state index in [1.54, 1.807) is 11.3 Å². The highest BCUT2D eigenvalue weighted by Gasteiger charge is 2.27. The summed E-state index contributed by atoms with van der Waals surface area (Å²) in [6, 6.07) is 23.8. The molecular weight excluding hydrogens is 444 g/mol. The van der Waals surface area contributed by atoms with E-state index in [0.717, 1.165) is 36.9 Å². The average Bonchev–Trinajstić information content (AvgIpc) is 3.33. The summed E-state index contributed by atoms with van der Waals surface area (Å²) in [5.41, 5.74) is 5.37. The number of halogens is 1. The van der Waals surface area contributed by atoms with Crippen molar-refractivity contribution in [2.24, 2.45) is 0 Å². The third-order valence-electron chi connectivity index (χ3n) is 4.75. The molecule has 2 aromatic heterocycles. The molecule has 0 aliphatic heterocycles. The SMILES string of the molecule is CC(C)c1[nH]c(-c2ccc(Br)s2)c(-c2ccccc2)c1C(=O)Nc1ccccc1. The van der Waals surface area contributed by atoms with Crippen LogP contribution in [0.1, 0.15) is 35.8 Å². The minimum absolute atomic E-state index is 0.100. The zero-order valence-corrected chi connectivity index (χ0v) is 18.6. The topological polar surface area (TPSA) is 44.9 Å². The number of benzene rings is 2. The largest absolute Gasteiger partial charge is 0.356 e. The maximum absolute atomic E-state index is 13.4. The fourth-order valence-electron chi connectivity index (χ4n) is 3.43. The van der Waals surface area contributed by atoms with Crippen LogP contribution in [-0.2, 0) is 0 Å². The predicted octanol–water partition coefficient (Wildman–Crippen LogP) is 7.55. The molecule has 3 nitrogen and oxygen atoms in total. The maximum Gasteiger partial charge on any atom is 0.258 e. The first-order chi connectivity index (χ1) is 14.0. The molecule has 1 amide bonds. The van der Waals surface area contributed by atoms with Crippen LogP contribution in [-0.4, -0.2) is 10.9 Å². The van der Waals surface area contributed by atoms with E-state index in [2.05, 4.69) is 58.3 Å². The van der Waals surface area contributed by atoms with E-state index in [1.165, 1.54) is 0 Å². The molecule has 2 aromatic carbocycles. The van der Waals surface area contributed by atoms with Crippen LogP contribution in [0, 0.1) is 0 Å². The lowest BCUT2D eigenvalue weighted by Crippen LogP contribution is -2.14. The van der Waals surface area contributed by atoms with Gasteiger partial charge in [-0.1, -0.05) is 62.4 Å².